The van der Waals surface area contributed by atoms with Crippen LogP contribution in [0.4, 0.5) is 0 Å². The molecular formula is C18H23NO6S. The van der Waals surface area contributed by atoms with Crippen molar-refractivity contribution in [2.75, 3.05) is 19.8 Å². The highest BCUT2D eigenvalue weighted by Gasteiger charge is 2.43. The number of aliphatic carboxylic acids is 1. The van der Waals surface area contributed by atoms with Gasteiger partial charge in [0.2, 0.25) is 5.91 Å². The van der Waals surface area contributed by atoms with Crippen LogP contribution in [0.15, 0.2) is 24.3 Å². The summed E-state index contributed by atoms with van der Waals surface area (Å²) in [6.07, 6.45) is 1.24. The standard InChI is InChI=1S/C18H23NO6S/c1-12(26(23,24)14-7-10-25-11-8-14)17(20)19-9-6-13-4-2-3-5-15(13)16(19)18(21)22/h2-5,12,14,16H,6-11H2,1H3,(H,21,22). The van der Waals surface area contributed by atoms with E-state index in [0.717, 1.165) is 5.56 Å². The second-order valence-corrected chi connectivity index (χ2v) is 9.32. The lowest BCUT2D eigenvalue weighted by atomic mass is 9.92. The fourth-order valence-electron chi connectivity index (χ4n) is 3.74. The number of amides is 1. The molecule has 0 aromatic heterocycles. The lowest BCUT2D eigenvalue weighted by Gasteiger charge is -2.36. The molecule has 2 atom stereocenters. The predicted molar refractivity (Wildman–Crippen MR) is 94.5 cm³/mol. The van der Waals surface area contributed by atoms with E-state index in [1.807, 2.05) is 12.1 Å². The fraction of sp³-hybridized carbons (Fsp3) is 0.556. The van der Waals surface area contributed by atoms with E-state index in [0.29, 0.717) is 38.0 Å². The Hall–Kier alpha value is -1.93. The molecule has 2 heterocycles. The minimum Gasteiger partial charge on any atom is -0.479 e. The Morgan fingerprint density at radius 3 is 2.54 bits per heavy atom. The van der Waals surface area contributed by atoms with Gasteiger partial charge in [-0.1, -0.05) is 24.3 Å². The van der Waals surface area contributed by atoms with Crippen molar-refractivity contribution in [1.82, 2.24) is 4.90 Å². The van der Waals surface area contributed by atoms with E-state index in [-0.39, 0.29) is 6.54 Å². The van der Waals surface area contributed by atoms with Gasteiger partial charge in [0.1, 0.15) is 5.25 Å². The number of sulfone groups is 1. The minimum atomic E-state index is -3.70. The summed E-state index contributed by atoms with van der Waals surface area (Å²) in [5.41, 5.74) is 1.43. The van der Waals surface area contributed by atoms with Crippen LogP contribution in [0.25, 0.3) is 0 Å². The number of carbonyl (C=O) groups excluding carboxylic acids is 1. The molecule has 2 unspecified atom stereocenters. The van der Waals surface area contributed by atoms with Crippen molar-refractivity contribution in [3.8, 4) is 0 Å². The monoisotopic (exact) mass is 381 g/mol. The smallest absolute Gasteiger partial charge is 0.331 e. The molecule has 1 aromatic rings. The normalized spacial score (nSPS) is 22.5. The second kappa shape index (κ2) is 7.36. The van der Waals surface area contributed by atoms with Crippen LogP contribution < -0.4 is 0 Å². The number of hydrogen-bond donors (Lipinski definition) is 1. The maximum atomic E-state index is 13.0. The Morgan fingerprint density at radius 1 is 1.23 bits per heavy atom. The Balaban J connectivity index is 1.87. The van der Waals surface area contributed by atoms with Gasteiger partial charge in [-0.05, 0) is 37.3 Å². The highest BCUT2D eigenvalue weighted by molar-refractivity contribution is 7.93. The number of ether oxygens (including phenoxy) is 1. The maximum Gasteiger partial charge on any atom is 0.331 e. The molecule has 1 N–H and O–H groups in total. The highest BCUT2D eigenvalue weighted by atomic mass is 32.2. The van der Waals surface area contributed by atoms with Crippen molar-refractivity contribution in [3.63, 3.8) is 0 Å². The van der Waals surface area contributed by atoms with Crippen LogP contribution in [-0.4, -0.2) is 60.6 Å². The van der Waals surface area contributed by atoms with Gasteiger partial charge in [-0.15, -0.1) is 0 Å². The zero-order valence-corrected chi connectivity index (χ0v) is 15.4. The first-order valence-electron chi connectivity index (χ1n) is 8.75. The molecule has 2 aliphatic rings. The van der Waals surface area contributed by atoms with Crippen molar-refractivity contribution in [1.29, 1.82) is 0 Å². The second-order valence-electron chi connectivity index (χ2n) is 6.76. The zero-order valence-electron chi connectivity index (χ0n) is 14.6. The molecule has 8 heteroatoms. The number of carboxylic acid groups (broad SMARTS) is 1. The Morgan fingerprint density at radius 2 is 1.88 bits per heavy atom. The van der Waals surface area contributed by atoms with E-state index in [1.54, 1.807) is 12.1 Å². The van der Waals surface area contributed by atoms with E-state index in [2.05, 4.69) is 0 Å². The number of fused-ring (bicyclic) bond motifs is 1. The van der Waals surface area contributed by atoms with Gasteiger partial charge < -0.3 is 14.7 Å². The van der Waals surface area contributed by atoms with Crippen molar-refractivity contribution < 1.29 is 27.9 Å². The van der Waals surface area contributed by atoms with Crippen molar-refractivity contribution >= 4 is 21.7 Å². The highest BCUT2D eigenvalue weighted by Crippen LogP contribution is 2.32. The van der Waals surface area contributed by atoms with E-state index < -0.39 is 38.3 Å². The quantitative estimate of drug-likeness (QED) is 0.840. The number of hydrogen-bond acceptors (Lipinski definition) is 5. The third kappa shape index (κ3) is 3.35. The Labute approximate surface area is 152 Å². The van der Waals surface area contributed by atoms with Crippen LogP contribution >= 0.6 is 0 Å². The summed E-state index contributed by atoms with van der Waals surface area (Å²) in [5, 5.41) is 7.80. The number of rotatable bonds is 4. The van der Waals surface area contributed by atoms with Crippen LogP contribution in [0.1, 0.15) is 36.9 Å². The SMILES string of the molecule is CC(C(=O)N1CCc2ccccc2C1C(=O)O)S(=O)(=O)C1CCOCC1. The van der Waals surface area contributed by atoms with Gasteiger partial charge in [0.25, 0.3) is 0 Å². The molecule has 0 aliphatic carbocycles. The first-order chi connectivity index (χ1) is 12.3. The lowest BCUT2D eigenvalue weighted by molar-refractivity contribution is -0.151. The molecule has 0 radical (unpaired) electrons. The number of nitrogens with zero attached hydrogens (tertiary/aromatic N) is 1. The van der Waals surface area contributed by atoms with Gasteiger partial charge >= 0.3 is 5.97 Å². The molecule has 26 heavy (non-hydrogen) atoms. The van der Waals surface area contributed by atoms with Crippen molar-refractivity contribution in [2.45, 2.75) is 42.7 Å². The molecule has 1 aromatic carbocycles. The molecular weight excluding hydrogens is 358 g/mol. The summed E-state index contributed by atoms with van der Waals surface area (Å²) in [5.74, 6) is -1.79. The van der Waals surface area contributed by atoms with Crippen molar-refractivity contribution in [2.24, 2.45) is 0 Å². The number of carboxylic acids is 1. The van der Waals surface area contributed by atoms with Crippen LogP contribution in [0.2, 0.25) is 0 Å². The Kier molecular flexibility index (Phi) is 5.34. The first kappa shape index (κ1) is 18.8. The zero-order chi connectivity index (χ0) is 18.9. The molecule has 1 saturated heterocycles. The minimum absolute atomic E-state index is 0.195. The average Bonchev–Trinajstić information content (AvgIpc) is 2.66. The number of carbonyl (C=O) groups is 2. The summed E-state index contributed by atoms with van der Waals surface area (Å²) in [4.78, 5) is 26.0. The molecule has 7 nitrogen and oxygen atoms in total. The molecule has 2 aliphatic heterocycles. The lowest BCUT2D eigenvalue weighted by Crippen LogP contribution is -2.50. The molecule has 0 bridgehead atoms. The molecule has 1 amide bonds. The fourth-order valence-corrected chi connectivity index (χ4v) is 5.58. The first-order valence-corrected chi connectivity index (χ1v) is 10.4. The van der Waals surface area contributed by atoms with Crippen LogP contribution in [0.3, 0.4) is 0 Å². The van der Waals surface area contributed by atoms with Gasteiger partial charge in [0.15, 0.2) is 15.9 Å². The van der Waals surface area contributed by atoms with Gasteiger partial charge in [0, 0.05) is 19.8 Å². The van der Waals surface area contributed by atoms with Gasteiger partial charge in [-0.2, -0.15) is 0 Å². The molecule has 142 valence electrons. The van der Waals surface area contributed by atoms with E-state index in [9.17, 15) is 23.1 Å². The Bertz CT molecular complexity index is 800. The largest absolute Gasteiger partial charge is 0.479 e. The van der Waals surface area contributed by atoms with E-state index >= 15 is 0 Å². The predicted octanol–water partition coefficient (Wildman–Crippen LogP) is 1.18. The van der Waals surface area contributed by atoms with Crippen LogP contribution in [-0.2, 0) is 30.6 Å². The summed E-state index contributed by atoms with van der Waals surface area (Å²) in [7, 11) is -3.70. The van der Waals surface area contributed by atoms with E-state index in [4.69, 9.17) is 4.74 Å². The summed E-state index contributed by atoms with van der Waals surface area (Å²) in [6.45, 7) is 2.28. The third-order valence-corrected chi connectivity index (χ3v) is 7.86. The topological polar surface area (TPSA) is 101 Å². The molecule has 1 fully saturated rings. The third-order valence-electron chi connectivity index (χ3n) is 5.27. The maximum absolute atomic E-state index is 13.0. The summed E-state index contributed by atoms with van der Waals surface area (Å²) in [6, 6.07) is 5.93. The van der Waals surface area contributed by atoms with Gasteiger partial charge in [0.05, 0.1) is 5.25 Å². The molecule has 0 saturated carbocycles. The average molecular weight is 381 g/mol. The van der Waals surface area contributed by atoms with Gasteiger partial charge in [-0.25, -0.2) is 13.2 Å². The van der Waals surface area contributed by atoms with Crippen LogP contribution in [0.5, 0.6) is 0 Å². The van der Waals surface area contributed by atoms with Gasteiger partial charge in [-0.3, -0.25) is 4.79 Å². The summed E-state index contributed by atoms with van der Waals surface area (Å²) >= 11 is 0. The van der Waals surface area contributed by atoms with Crippen LogP contribution in [0, 0.1) is 0 Å². The number of benzene rings is 1. The van der Waals surface area contributed by atoms with E-state index in [1.165, 1.54) is 11.8 Å². The molecule has 3 rings (SSSR count). The summed E-state index contributed by atoms with van der Waals surface area (Å²) < 4.78 is 30.9. The molecule has 0 spiro atoms. The van der Waals surface area contributed by atoms with Crippen molar-refractivity contribution in [3.05, 3.63) is 35.4 Å².